The fraction of sp³-hybridized carbons (Fsp3) is 0.389. The van der Waals surface area contributed by atoms with E-state index >= 15 is 0 Å². The fourth-order valence-corrected chi connectivity index (χ4v) is 2.46. The first kappa shape index (κ1) is 17.0. The van der Waals surface area contributed by atoms with Gasteiger partial charge in [-0.25, -0.2) is 9.97 Å². The number of hydrogen-bond donors (Lipinski definition) is 2. The zero-order valence-electron chi connectivity index (χ0n) is 14.6. The summed E-state index contributed by atoms with van der Waals surface area (Å²) in [7, 11) is 3.17. The third-order valence-corrected chi connectivity index (χ3v) is 3.90. The summed E-state index contributed by atoms with van der Waals surface area (Å²) in [4.78, 5) is 21.0. The lowest BCUT2D eigenvalue weighted by atomic mass is 10.2. The number of nitrogens with one attached hydrogen (secondary N) is 2. The van der Waals surface area contributed by atoms with E-state index in [1.54, 1.807) is 27.2 Å². The zero-order chi connectivity index (χ0) is 17.8. The third kappa shape index (κ3) is 4.37. The Labute approximate surface area is 146 Å². The van der Waals surface area contributed by atoms with Crippen molar-refractivity contribution < 1.29 is 14.3 Å². The Hall–Kier alpha value is -2.83. The summed E-state index contributed by atoms with van der Waals surface area (Å²) in [5.74, 6) is 2.31. The molecule has 2 aromatic rings. The monoisotopic (exact) mass is 342 g/mol. The molecule has 0 atom stereocenters. The Bertz CT molecular complexity index is 775. The first-order chi connectivity index (χ1) is 12.1. The summed E-state index contributed by atoms with van der Waals surface area (Å²) in [5, 5.41) is 6.17. The van der Waals surface area contributed by atoms with Crippen LogP contribution in [0.15, 0.2) is 24.3 Å². The number of ether oxygens (including phenoxy) is 2. The molecule has 132 valence electrons. The second-order valence-corrected chi connectivity index (χ2v) is 5.98. The number of carbonyl (C=O) groups is 1. The highest BCUT2D eigenvalue weighted by atomic mass is 16.5. The number of aromatic nitrogens is 2. The van der Waals surface area contributed by atoms with Gasteiger partial charge in [-0.15, -0.1) is 0 Å². The maximum absolute atomic E-state index is 12.4. The lowest BCUT2D eigenvalue weighted by Crippen LogP contribution is -2.24. The molecule has 0 aliphatic heterocycles. The number of nitrogens with zero attached hydrogens (tertiary/aromatic N) is 2. The van der Waals surface area contributed by atoms with Crippen molar-refractivity contribution in [3.63, 3.8) is 0 Å². The van der Waals surface area contributed by atoms with Crippen LogP contribution in [0.4, 0.5) is 5.82 Å². The number of aryl methyl sites for hydroxylation is 1. The van der Waals surface area contributed by atoms with E-state index < -0.39 is 0 Å². The maximum atomic E-state index is 12.4. The van der Waals surface area contributed by atoms with E-state index in [0.717, 1.165) is 18.4 Å². The van der Waals surface area contributed by atoms with Gasteiger partial charge in [-0.1, -0.05) is 6.07 Å². The molecule has 1 aliphatic carbocycles. The average Bonchev–Trinajstić information content (AvgIpc) is 3.42. The van der Waals surface area contributed by atoms with Crippen LogP contribution in [0, 0.1) is 6.92 Å². The smallest absolute Gasteiger partial charge is 0.270 e. The summed E-state index contributed by atoms with van der Waals surface area (Å²) in [6.07, 6.45) is 2.29. The van der Waals surface area contributed by atoms with Crippen LogP contribution in [-0.2, 0) is 6.54 Å². The van der Waals surface area contributed by atoms with Crippen molar-refractivity contribution in [3.05, 3.63) is 41.3 Å². The molecule has 2 N–H and O–H groups in total. The van der Waals surface area contributed by atoms with Gasteiger partial charge in [0.05, 0.1) is 14.2 Å². The van der Waals surface area contributed by atoms with Gasteiger partial charge in [0.25, 0.3) is 5.91 Å². The molecule has 1 heterocycles. The van der Waals surface area contributed by atoms with Crippen LogP contribution < -0.4 is 20.1 Å². The van der Waals surface area contributed by atoms with Crippen molar-refractivity contribution in [2.45, 2.75) is 32.4 Å². The number of methoxy groups -OCH3 is 2. The van der Waals surface area contributed by atoms with Crippen molar-refractivity contribution >= 4 is 11.7 Å². The van der Waals surface area contributed by atoms with Gasteiger partial charge in [-0.3, -0.25) is 4.79 Å². The third-order valence-electron chi connectivity index (χ3n) is 3.90. The molecule has 0 bridgehead atoms. The van der Waals surface area contributed by atoms with E-state index in [2.05, 4.69) is 20.6 Å². The molecule has 1 amide bonds. The molecule has 1 fully saturated rings. The van der Waals surface area contributed by atoms with Gasteiger partial charge in [0, 0.05) is 18.7 Å². The minimum atomic E-state index is -0.237. The molecular weight excluding hydrogens is 320 g/mol. The second kappa shape index (κ2) is 7.38. The number of amides is 1. The summed E-state index contributed by atoms with van der Waals surface area (Å²) < 4.78 is 10.5. The van der Waals surface area contributed by atoms with E-state index in [9.17, 15) is 4.79 Å². The van der Waals surface area contributed by atoms with E-state index in [-0.39, 0.29) is 5.91 Å². The Kier molecular flexibility index (Phi) is 5.02. The summed E-state index contributed by atoms with van der Waals surface area (Å²) >= 11 is 0. The summed E-state index contributed by atoms with van der Waals surface area (Å²) in [6, 6.07) is 7.69. The first-order valence-corrected chi connectivity index (χ1v) is 8.20. The lowest BCUT2D eigenvalue weighted by molar-refractivity contribution is 0.0945. The van der Waals surface area contributed by atoms with Crippen molar-refractivity contribution in [3.8, 4) is 11.5 Å². The molecule has 0 saturated heterocycles. The van der Waals surface area contributed by atoms with E-state index in [4.69, 9.17) is 9.47 Å². The minimum Gasteiger partial charge on any atom is -0.493 e. The van der Waals surface area contributed by atoms with Crippen LogP contribution >= 0.6 is 0 Å². The largest absolute Gasteiger partial charge is 0.493 e. The molecular formula is C18H22N4O3. The van der Waals surface area contributed by atoms with Crippen molar-refractivity contribution in [1.82, 2.24) is 15.3 Å². The van der Waals surface area contributed by atoms with Gasteiger partial charge in [0.1, 0.15) is 17.3 Å². The maximum Gasteiger partial charge on any atom is 0.270 e. The van der Waals surface area contributed by atoms with Gasteiger partial charge in [-0.2, -0.15) is 0 Å². The molecule has 1 aliphatic rings. The number of carbonyl (C=O) groups excluding carboxylic acids is 1. The van der Waals surface area contributed by atoms with E-state index in [1.807, 2.05) is 18.2 Å². The van der Waals surface area contributed by atoms with Crippen molar-refractivity contribution in [2.24, 2.45) is 0 Å². The molecule has 0 unspecified atom stereocenters. The van der Waals surface area contributed by atoms with Crippen LogP contribution in [0.1, 0.15) is 34.7 Å². The molecule has 1 aromatic carbocycles. The van der Waals surface area contributed by atoms with Gasteiger partial charge in [-0.05, 0) is 37.5 Å². The Morgan fingerprint density at radius 1 is 1.16 bits per heavy atom. The fourth-order valence-electron chi connectivity index (χ4n) is 2.46. The first-order valence-electron chi connectivity index (χ1n) is 8.20. The predicted octanol–water partition coefficient (Wildman–Crippen LogP) is 2.31. The van der Waals surface area contributed by atoms with Crippen LogP contribution in [0.2, 0.25) is 0 Å². The molecule has 0 radical (unpaired) electrons. The summed E-state index contributed by atoms with van der Waals surface area (Å²) in [6.45, 7) is 2.15. The standard InChI is InChI=1S/C18H22N4O3/c1-11-20-14(9-17(21-11)22-13-5-6-13)18(23)19-10-12-4-7-15(24-2)16(8-12)25-3/h4,7-9,13H,5-6,10H2,1-3H3,(H,19,23)(H,20,21,22). The van der Waals surface area contributed by atoms with Gasteiger partial charge < -0.3 is 20.1 Å². The van der Waals surface area contributed by atoms with Gasteiger partial charge >= 0.3 is 0 Å². The minimum absolute atomic E-state index is 0.237. The lowest BCUT2D eigenvalue weighted by Gasteiger charge is -2.11. The Balaban J connectivity index is 1.67. The normalized spacial score (nSPS) is 13.2. The average molecular weight is 342 g/mol. The molecule has 3 rings (SSSR count). The SMILES string of the molecule is COc1ccc(CNC(=O)c2cc(NC3CC3)nc(C)n2)cc1OC. The highest BCUT2D eigenvalue weighted by molar-refractivity contribution is 5.92. The number of hydrogen-bond acceptors (Lipinski definition) is 6. The van der Waals surface area contributed by atoms with Crippen LogP contribution in [-0.4, -0.2) is 36.1 Å². The van der Waals surface area contributed by atoms with Crippen LogP contribution in [0.5, 0.6) is 11.5 Å². The van der Waals surface area contributed by atoms with E-state index in [1.165, 1.54) is 0 Å². The zero-order valence-corrected chi connectivity index (χ0v) is 14.6. The summed E-state index contributed by atoms with van der Waals surface area (Å²) in [5.41, 5.74) is 1.27. The van der Waals surface area contributed by atoms with Gasteiger partial charge in [0.15, 0.2) is 11.5 Å². The van der Waals surface area contributed by atoms with Crippen LogP contribution in [0.3, 0.4) is 0 Å². The Morgan fingerprint density at radius 3 is 2.60 bits per heavy atom. The molecule has 7 heteroatoms. The van der Waals surface area contributed by atoms with Gasteiger partial charge in [0.2, 0.25) is 0 Å². The number of benzene rings is 1. The molecule has 25 heavy (non-hydrogen) atoms. The highest BCUT2D eigenvalue weighted by Crippen LogP contribution is 2.27. The molecule has 0 spiro atoms. The quantitative estimate of drug-likeness (QED) is 0.803. The highest BCUT2D eigenvalue weighted by Gasteiger charge is 2.22. The molecule has 7 nitrogen and oxygen atoms in total. The predicted molar refractivity (Wildman–Crippen MR) is 94.1 cm³/mol. The Morgan fingerprint density at radius 2 is 1.92 bits per heavy atom. The number of anilines is 1. The van der Waals surface area contributed by atoms with Crippen LogP contribution in [0.25, 0.3) is 0 Å². The number of rotatable bonds is 7. The topological polar surface area (TPSA) is 85.4 Å². The second-order valence-electron chi connectivity index (χ2n) is 5.98. The van der Waals surface area contributed by atoms with Crippen molar-refractivity contribution in [2.75, 3.05) is 19.5 Å². The van der Waals surface area contributed by atoms with E-state index in [0.29, 0.717) is 41.4 Å². The molecule has 1 saturated carbocycles. The van der Waals surface area contributed by atoms with Crippen molar-refractivity contribution in [1.29, 1.82) is 0 Å². The molecule has 1 aromatic heterocycles.